The van der Waals surface area contributed by atoms with E-state index < -0.39 is 6.16 Å². The van der Waals surface area contributed by atoms with E-state index in [1.165, 1.54) is 0 Å². The summed E-state index contributed by atoms with van der Waals surface area (Å²) in [7, 11) is 0. The molecule has 0 saturated heterocycles. The quantitative estimate of drug-likeness (QED) is 0.375. The first-order valence-electron chi connectivity index (χ1n) is 3.10. The summed E-state index contributed by atoms with van der Waals surface area (Å²) in [6, 6.07) is 9.60. The summed E-state index contributed by atoms with van der Waals surface area (Å²) < 4.78 is 0. The summed E-state index contributed by atoms with van der Waals surface area (Å²) in [4.78, 5) is 8.56. The highest BCUT2D eigenvalue weighted by Crippen LogP contribution is 2.00. The van der Waals surface area contributed by atoms with Crippen LogP contribution < -0.4 is 11.3 Å². The Labute approximate surface area is 69.4 Å². The number of nitrogens with two attached hydrogens (primary N) is 1. The van der Waals surface area contributed by atoms with Crippen molar-refractivity contribution < 1.29 is 15.0 Å². The Morgan fingerprint density at radius 3 is 1.92 bits per heavy atom. The normalized spacial score (nSPS) is 7.75. The van der Waals surface area contributed by atoms with Crippen LogP contribution in [0.15, 0.2) is 30.3 Å². The van der Waals surface area contributed by atoms with Gasteiger partial charge in [0.15, 0.2) is 0 Å². The van der Waals surface area contributed by atoms with E-state index in [0.29, 0.717) is 0 Å². The highest BCUT2D eigenvalue weighted by molar-refractivity contribution is 5.53. The number of para-hydroxylation sites is 1. The van der Waals surface area contributed by atoms with Crippen LogP contribution in [0.2, 0.25) is 0 Å². The molecule has 12 heavy (non-hydrogen) atoms. The molecule has 0 radical (unpaired) electrons. The molecule has 0 aromatic heterocycles. The number of hydrazine groups is 1. The van der Waals surface area contributed by atoms with Gasteiger partial charge in [0.25, 0.3) is 0 Å². The van der Waals surface area contributed by atoms with Crippen molar-refractivity contribution in [2.24, 2.45) is 5.84 Å². The molecule has 0 unspecified atom stereocenters. The molecule has 0 atom stereocenters. The zero-order valence-corrected chi connectivity index (χ0v) is 6.27. The van der Waals surface area contributed by atoms with Gasteiger partial charge in [-0.05, 0) is 12.1 Å². The number of nitrogens with one attached hydrogen (secondary N) is 1. The Kier molecular flexibility index (Phi) is 5.12. The van der Waals surface area contributed by atoms with Crippen molar-refractivity contribution >= 4 is 11.8 Å². The second-order valence-electron chi connectivity index (χ2n) is 1.79. The zero-order valence-electron chi connectivity index (χ0n) is 6.27. The van der Waals surface area contributed by atoms with Gasteiger partial charge in [-0.1, -0.05) is 18.2 Å². The van der Waals surface area contributed by atoms with Gasteiger partial charge in [0.05, 0.1) is 0 Å². The van der Waals surface area contributed by atoms with Gasteiger partial charge in [-0.15, -0.1) is 0 Å². The number of hydrogen-bond donors (Lipinski definition) is 4. The van der Waals surface area contributed by atoms with E-state index in [9.17, 15) is 0 Å². The molecule has 0 heterocycles. The summed E-state index contributed by atoms with van der Waals surface area (Å²) >= 11 is 0. The molecule has 1 aromatic carbocycles. The second-order valence-corrected chi connectivity index (χ2v) is 1.79. The largest absolute Gasteiger partial charge is 0.503 e. The van der Waals surface area contributed by atoms with Gasteiger partial charge in [0.1, 0.15) is 0 Å². The van der Waals surface area contributed by atoms with E-state index in [1.807, 2.05) is 30.3 Å². The van der Waals surface area contributed by atoms with Crippen molar-refractivity contribution in [3.63, 3.8) is 0 Å². The van der Waals surface area contributed by atoms with E-state index in [4.69, 9.17) is 20.9 Å². The van der Waals surface area contributed by atoms with E-state index in [1.54, 1.807) is 0 Å². The number of carbonyl (C=O) groups is 1. The minimum absolute atomic E-state index is 0.938. The highest BCUT2D eigenvalue weighted by Gasteiger charge is 1.78. The fourth-order valence-electron chi connectivity index (χ4n) is 0.534. The van der Waals surface area contributed by atoms with E-state index >= 15 is 0 Å². The third-order valence-corrected chi connectivity index (χ3v) is 0.940. The lowest BCUT2D eigenvalue weighted by Gasteiger charge is -1.94. The predicted molar refractivity (Wildman–Crippen MR) is 44.9 cm³/mol. The third-order valence-electron chi connectivity index (χ3n) is 0.940. The number of nitrogen functional groups attached to an aromatic ring is 1. The van der Waals surface area contributed by atoms with Crippen molar-refractivity contribution in [2.45, 2.75) is 0 Å². The lowest BCUT2D eigenvalue weighted by molar-refractivity contribution is 0.137. The zero-order chi connectivity index (χ0) is 9.40. The van der Waals surface area contributed by atoms with Crippen LogP contribution in [0.5, 0.6) is 0 Å². The summed E-state index contributed by atoms with van der Waals surface area (Å²) in [5.41, 5.74) is 3.46. The lowest BCUT2D eigenvalue weighted by Crippen LogP contribution is -2.05. The molecule has 0 aliphatic heterocycles. The average molecular weight is 170 g/mol. The van der Waals surface area contributed by atoms with Gasteiger partial charge in [0, 0.05) is 5.69 Å². The molecule has 1 aromatic rings. The maximum atomic E-state index is 8.56. The molecule has 5 heteroatoms. The van der Waals surface area contributed by atoms with Crippen molar-refractivity contribution in [3.8, 4) is 0 Å². The SMILES string of the molecule is NNc1ccccc1.O=C(O)O. The van der Waals surface area contributed by atoms with Crippen LogP contribution in [0.3, 0.4) is 0 Å². The molecule has 0 aliphatic rings. The Balaban J connectivity index is 0.000000261. The molecule has 0 aliphatic carbocycles. The van der Waals surface area contributed by atoms with Crippen LogP contribution in [0, 0.1) is 0 Å². The first-order chi connectivity index (χ1) is 5.66. The number of carboxylic acid groups (broad SMARTS) is 2. The second kappa shape index (κ2) is 5.99. The smallest absolute Gasteiger partial charge is 0.450 e. The van der Waals surface area contributed by atoms with Gasteiger partial charge in [-0.2, -0.15) is 0 Å². The van der Waals surface area contributed by atoms with Crippen LogP contribution in [-0.2, 0) is 0 Å². The molecule has 0 bridgehead atoms. The van der Waals surface area contributed by atoms with E-state index in [0.717, 1.165) is 5.69 Å². The van der Waals surface area contributed by atoms with E-state index in [-0.39, 0.29) is 0 Å². The minimum atomic E-state index is -1.83. The standard InChI is InChI=1S/C6H8N2.CH2O3/c7-8-6-4-2-1-3-5-6;2-1(3)4/h1-5,8H,7H2;(H2,2,3,4). The van der Waals surface area contributed by atoms with Crippen LogP contribution in [0.4, 0.5) is 10.5 Å². The average Bonchev–Trinajstić information content (AvgIpc) is 2.05. The summed E-state index contributed by atoms with van der Waals surface area (Å²) in [6.45, 7) is 0. The van der Waals surface area contributed by atoms with Gasteiger partial charge >= 0.3 is 6.16 Å². The van der Waals surface area contributed by atoms with Crippen LogP contribution in [-0.4, -0.2) is 16.4 Å². The molecule has 1 rings (SSSR count). The van der Waals surface area contributed by atoms with Crippen LogP contribution in [0.25, 0.3) is 0 Å². The number of anilines is 1. The molecular weight excluding hydrogens is 160 g/mol. The Morgan fingerprint density at radius 1 is 1.25 bits per heavy atom. The molecule has 0 spiro atoms. The summed E-state index contributed by atoms with van der Waals surface area (Å²) in [5.74, 6) is 5.10. The van der Waals surface area contributed by atoms with Crippen LogP contribution >= 0.6 is 0 Å². The fraction of sp³-hybridized carbons (Fsp3) is 0. The van der Waals surface area contributed by atoms with E-state index in [2.05, 4.69) is 5.43 Å². The number of rotatable bonds is 1. The lowest BCUT2D eigenvalue weighted by atomic mass is 10.3. The van der Waals surface area contributed by atoms with Crippen molar-refractivity contribution in [2.75, 3.05) is 5.43 Å². The topological polar surface area (TPSA) is 95.6 Å². The van der Waals surface area contributed by atoms with Gasteiger partial charge in [-0.3, -0.25) is 5.84 Å². The van der Waals surface area contributed by atoms with Gasteiger partial charge < -0.3 is 15.6 Å². The van der Waals surface area contributed by atoms with Crippen molar-refractivity contribution in [1.29, 1.82) is 0 Å². The first kappa shape index (κ1) is 10.2. The maximum absolute atomic E-state index is 8.56. The molecule has 0 fully saturated rings. The van der Waals surface area contributed by atoms with Crippen LogP contribution in [0.1, 0.15) is 0 Å². The summed E-state index contributed by atoms with van der Waals surface area (Å²) in [5, 5.41) is 13.9. The Bertz CT molecular complexity index is 221. The molecule has 0 amide bonds. The molecular formula is C7H10N2O3. The first-order valence-corrected chi connectivity index (χ1v) is 3.10. The Morgan fingerprint density at radius 2 is 1.67 bits per heavy atom. The molecule has 5 N–H and O–H groups in total. The monoisotopic (exact) mass is 170 g/mol. The van der Waals surface area contributed by atoms with Gasteiger partial charge in [-0.25, -0.2) is 4.79 Å². The molecule has 5 nitrogen and oxygen atoms in total. The number of benzene rings is 1. The molecule has 0 saturated carbocycles. The third kappa shape index (κ3) is 6.37. The summed E-state index contributed by atoms with van der Waals surface area (Å²) in [6.07, 6.45) is -1.83. The minimum Gasteiger partial charge on any atom is -0.450 e. The van der Waals surface area contributed by atoms with Crippen molar-refractivity contribution in [1.82, 2.24) is 0 Å². The number of hydrogen-bond acceptors (Lipinski definition) is 3. The maximum Gasteiger partial charge on any atom is 0.503 e. The highest BCUT2D eigenvalue weighted by atomic mass is 16.6. The fourth-order valence-corrected chi connectivity index (χ4v) is 0.534. The van der Waals surface area contributed by atoms with Crippen molar-refractivity contribution in [3.05, 3.63) is 30.3 Å². The van der Waals surface area contributed by atoms with Gasteiger partial charge in [0.2, 0.25) is 0 Å². The Hall–Kier alpha value is -1.75. The predicted octanol–water partition coefficient (Wildman–Crippen LogP) is 1.19. The molecule has 66 valence electrons.